The fourth-order valence-corrected chi connectivity index (χ4v) is 2.26. The molecule has 86 valence electrons. The minimum Gasteiger partial charge on any atom is -0.413 e. The lowest BCUT2D eigenvalue weighted by molar-refractivity contribution is 0.0800. The molecule has 0 aliphatic heterocycles. The van der Waals surface area contributed by atoms with Gasteiger partial charge in [0.25, 0.3) is 0 Å². The maximum Gasteiger partial charge on any atom is 0.212 e. The van der Waals surface area contributed by atoms with Crippen molar-refractivity contribution < 1.29 is 18.6 Å². The van der Waals surface area contributed by atoms with E-state index in [9.17, 15) is 0 Å². The van der Waals surface area contributed by atoms with Crippen LogP contribution in [0, 0.1) is 0 Å². The van der Waals surface area contributed by atoms with Gasteiger partial charge in [-0.3, -0.25) is 0 Å². The Hall–Kier alpha value is 0.0569. The Labute approximate surface area is 87.6 Å². The van der Waals surface area contributed by atoms with Crippen molar-refractivity contribution in [3.05, 3.63) is 0 Å². The largest absolute Gasteiger partial charge is 0.413 e. The Kier molecular flexibility index (Phi) is 8.41. The molecule has 0 saturated carbocycles. The predicted octanol–water partition coefficient (Wildman–Crippen LogP) is 1.06. The van der Waals surface area contributed by atoms with Gasteiger partial charge in [0.15, 0.2) is 0 Å². The second kappa shape index (κ2) is 8.37. The van der Waals surface area contributed by atoms with Crippen molar-refractivity contribution in [3.8, 4) is 0 Å². The average Bonchev–Trinajstić information content (AvgIpc) is 2.13. The first-order valence-corrected chi connectivity index (χ1v) is 7.93. The van der Waals surface area contributed by atoms with Gasteiger partial charge < -0.3 is 18.6 Å². The molecule has 0 fully saturated rings. The van der Waals surface area contributed by atoms with Crippen LogP contribution in [-0.2, 0) is 18.6 Å². The van der Waals surface area contributed by atoms with E-state index in [4.69, 9.17) is 18.6 Å². The Morgan fingerprint density at radius 3 is 2.00 bits per heavy atom. The van der Waals surface area contributed by atoms with E-state index in [2.05, 4.69) is 13.1 Å². The van der Waals surface area contributed by atoms with Crippen LogP contribution < -0.4 is 0 Å². The predicted molar refractivity (Wildman–Crippen MR) is 58.0 cm³/mol. The lowest BCUT2D eigenvalue weighted by Gasteiger charge is -2.22. The van der Waals surface area contributed by atoms with Gasteiger partial charge in [-0.2, -0.15) is 0 Å². The summed E-state index contributed by atoms with van der Waals surface area (Å²) in [5.74, 6) is 0. The summed E-state index contributed by atoms with van der Waals surface area (Å²) in [7, 11) is 1.69. The monoisotopic (exact) mass is 222 g/mol. The maximum absolute atomic E-state index is 5.70. The van der Waals surface area contributed by atoms with Gasteiger partial charge >= 0.3 is 0 Å². The van der Waals surface area contributed by atoms with Crippen molar-refractivity contribution in [3.63, 3.8) is 0 Å². The summed E-state index contributed by atoms with van der Waals surface area (Å²) in [6.07, 6.45) is 0.708. The van der Waals surface area contributed by atoms with E-state index in [1.54, 1.807) is 14.2 Å². The Bertz CT molecular complexity index is 130. The molecule has 0 N–H and O–H groups in total. The molecule has 5 heteroatoms. The zero-order valence-corrected chi connectivity index (χ0v) is 10.7. The van der Waals surface area contributed by atoms with Gasteiger partial charge in [-0.25, -0.2) is 0 Å². The molecule has 0 spiro atoms. The lowest BCUT2D eigenvalue weighted by atomic mass is 10.8. The first kappa shape index (κ1) is 14.1. The quantitative estimate of drug-likeness (QED) is 0.432. The zero-order valence-electron chi connectivity index (χ0n) is 9.67. The van der Waals surface area contributed by atoms with Crippen LogP contribution in [0.25, 0.3) is 0 Å². The van der Waals surface area contributed by atoms with Crippen LogP contribution in [0.5, 0.6) is 0 Å². The molecule has 0 radical (unpaired) electrons. The Morgan fingerprint density at radius 2 is 1.43 bits per heavy atom. The SMILES string of the molecule is COCCOC[Si](C)(C)OCCOC. The highest BCUT2D eigenvalue weighted by Gasteiger charge is 2.22. The van der Waals surface area contributed by atoms with Gasteiger partial charge in [-0.05, 0) is 13.1 Å². The fraction of sp³-hybridized carbons (Fsp3) is 1.00. The molecule has 0 heterocycles. The van der Waals surface area contributed by atoms with Crippen molar-refractivity contribution in [1.82, 2.24) is 0 Å². The van der Waals surface area contributed by atoms with Gasteiger partial charge in [-0.15, -0.1) is 0 Å². The third-order valence-electron chi connectivity index (χ3n) is 1.66. The minimum absolute atomic E-state index is 0.639. The van der Waals surface area contributed by atoms with Crippen molar-refractivity contribution in [2.75, 3.05) is 46.9 Å². The van der Waals surface area contributed by atoms with Gasteiger partial charge in [0.05, 0.1) is 32.7 Å². The van der Waals surface area contributed by atoms with E-state index in [1.807, 2.05) is 0 Å². The molecule has 0 saturated heterocycles. The number of hydrogen-bond donors (Lipinski definition) is 0. The molecule has 0 amide bonds. The van der Waals surface area contributed by atoms with Gasteiger partial charge in [0.2, 0.25) is 8.32 Å². The molecular formula is C9H22O4Si. The van der Waals surface area contributed by atoms with Gasteiger partial charge in [0.1, 0.15) is 0 Å². The Balaban J connectivity index is 3.40. The smallest absolute Gasteiger partial charge is 0.212 e. The number of methoxy groups -OCH3 is 2. The van der Waals surface area contributed by atoms with Gasteiger partial charge in [-0.1, -0.05) is 0 Å². The molecule has 4 nitrogen and oxygen atoms in total. The lowest BCUT2D eigenvalue weighted by Crippen LogP contribution is -2.38. The molecule has 0 atom stereocenters. The molecular weight excluding hydrogens is 200 g/mol. The Morgan fingerprint density at radius 1 is 0.857 bits per heavy atom. The second-order valence-electron chi connectivity index (χ2n) is 3.65. The third kappa shape index (κ3) is 8.65. The zero-order chi connectivity index (χ0) is 10.9. The summed E-state index contributed by atoms with van der Waals surface area (Å²) >= 11 is 0. The molecule has 0 bridgehead atoms. The molecule has 0 aliphatic rings. The standard InChI is InChI=1S/C9H22O4Si/c1-10-5-7-12-9-14(3,4)13-8-6-11-2/h5-9H2,1-4H3. The summed E-state index contributed by atoms with van der Waals surface area (Å²) in [6.45, 7) is 6.85. The number of ether oxygens (including phenoxy) is 3. The molecule has 0 aromatic carbocycles. The van der Waals surface area contributed by atoms with Crippen LogP contribution in [0.2, 0.25) is 13.1 Å². The molecule has 0 rings (SSSR count). The summed E-state index contributed by atoms with van der Waals surface area (Å²) in [5.41, 5.74) is 0. The van der Waals surface area contributed by atoms with E-state index < -0.39 is 8.32 Å². The van der Waals surface area contributed by atoms with E-state index in [0.29, 0.717) is 32.7 Å². The van der Waals surface area contributed by atoms with Crippen molar-refractivity contribution in [1.29, 1.82) is 0 Å². The molecule has 0 aromatic rings. The van der Waals surface area contributed by atoms with Crippen LogP contribution in [0.15, 0.2) is 0 Å². The summed E-state index contributed by atoms with van der Waals surface area (Å²) in [6, 6.07) is 0. The number of hydrogen-bond acceptors (Lipinski definition) is 4. The van der Waals surface area contributed by atoms with Crippen molar-refractivity contribution >= 4 is 8.32 Å². The topological polar surface area (TPSA) is 36.9 Å². The summed E-state index contributed by atoms with van der Waals surface area (Å²) in [5, 5.41) is 0. The van der Waals surface area contributed by atoms with Crippen molar-refractivity contribution in [2.45, 2.75) is 13.1 Å². The highest BCUT2D eigenvalue weighted by Crippen LogP contribution is 2.04. The number of rotatable bonds is 9. The molecule has 0 aromatic heterocycles. The molecule has 14 heavy (non-hydrogen) atoms. The minimum atomic E-state index is -1.65. The van der Waals surface area contributed by atoms with E-state index in [-0.39, 0.29) is 0 Å². The fourth-order valence-electron chi connectivity index (χ4n) is 0.903. The van der Waals surface area contributed by atoms with Crippen LogP contribution in [-0.4, -0.2) is 55.2 Å². The van der Waals surface area contributed by atoms with Crippen LogP contribution in [0.3, 0.4) is 0 Å². The van der Waals surface area contributed by atoms with Crippen LogP contribution >= 0.6 is 0 Å². The summed E-state index contributed by atoms with van der Waals surface area (Å²) < 4.78 is 20.9. The van der Waals surface area contributed by atoms with E-state index >= 15 is 0 Å². The highest BCUT2D eigenvalue weighted by atomic mass is 28.4. The van der Waals surface area contributed by atoms with E-state index in [0.717, 1.165) is 0 Å². The average molecular weight is 222 g/mol. The highest BCUT2D eigenvalue weighted by molar-refractivity contribution is 6.71. The first-order chi connectivity index (χ1) is 6.62. The van der Waals surface area contributed by atoms with Crippen LogP contribution in [0.1, 0.15) is 0 Å². The molecule has 0 aliphatic carbocycles. The second-order valence-corrected chi connectivity index (χ2v) is 7.74. The normalized spacial score (nSPS) is 12.0. The van der Waals surface area contributed by atoms with Crippen molar-refractivity contribution in [2.24, 2.45) is 0 Å². The van der Waals surface area contributed by atoms with E-state index in [1.165, 1.54) is 0 Å². The van der Waals surface area contributed by atoms with Gasteiger partial charge in [0, 0.05) is 14.2 Å². The summed E-state index contributed by atoms with van der Waals surface area (Å²) in [4.78, 5) is 0. The maximum atomic E-state index is 5.70. The van der Waals surface area contributed by atoms with Crippen LogP contribution in [0.4, 0.5) is 0 Å². The molecule has 0 unspecified atom stereocenters. The third-order valence-corrected chi connectivity index (χ3v) is 3.55. The first-order valence-electron chi connectivity index (χ1n) is 4.82.